The molecule has 0 fully saturated rings. The predicted octanol–water partition coefficient (Wildman–Crippen LogP) is 4.40. The van der Waals surface area contributed by atoms with E-state index in [2.05, 4.69) is 37.2 Å². The Balaban J connectivity index is 2.11. The van der Waals surface area contributed by atoms with Gasteiger partial charge in [-0.3, -0.25) is 4.79 Å². The van der Waals surface area contributed by atoms with Gasteiger partial charge in [0.15, 0.2) is 0 Å². The zero-order chi connectivity index (χ0) is 14.5. The molecule has 1 amide bonds. The molecule has 0 aliphatic heterocycles. The second-order valence-electron chi connectivity index (χ2n) is 4.16. The van der Waals surface area contributed by atoms with Gasteiger partial charge in [0, 0.05) is 14.5 Å². The summed E-state index contributed by atoms with van der Waals surface area (Å²) in [6.07, 6.45) is 0.267. The third-order valence-corrected chi connectivity index (χ3v) is 3.93. The van der Waals surface area contributed by atoms with Gasteiger partial charge in [-0.25, -0.2) is 0 Å². The van der Waals surface area contributed by atoms with Crippen molar-refractivity contribution in [2.45, 2.75) is 6.42 Å². The van der Waals surface area contributed by atoms with E-state index in [0.29, 0.717) is 0 Å². The minimum Gasteiger partial charge on any atom is -0.496 e. The Bertz CT molecular complexity index is 629. The van der Waals surface area contributed by atoms with E-state index < -0.39 is 0 Å². The molecule has 0 radical (unpaired) electrons. The molecule has 0 heterocycles. The summed E-state index contributed by atoms with van der Waals surface area (Å²) in [7, 11) is 1.60. The van der Waals surface area contributed by atoms with Crippen molar-refractivity contribution in [1.29, 1.82) is 0 Å². The molecule has 0 bridgehead atoms. The highest BCUT2D eigenvalue weighted by Gasteiger charge is 2.10. The summed E-state index contributed by atoms with van der Waals surface area (Å²) < 4.78 is 6.99. The van der Waals surface area contributed by atoms with Crippen molar-refractivity contribution in [3.63, 3.8) is 0 Å². The van der Waals surface area contributed by atoms with E-state index in [9.17, 15) is 4.79 Å². The summed E-state index contributed by atoms with van der Waals surface area (Å²) in [4.78, 5) is 12.1. The van der Waals surface area contributed by atoms with E-state index >= 15 is 0 Å². The second kappa shape index (κ2) is 6.90. The smallest absolute Gasteiger partial charge is 0.228 e. The maximum absolute atomic E-state index is 12.1. The summed E-state index contributed by atoms with van der Waals surface area (Å²) in [5, 5.41) is 2.88. The molecular weight excluding hydrogens is 386 g/mol. The quantitative estimate of drug-likeness (QED) is 0.828. The van der Waals surface area contributed by atoms with Gasteiger partial charge in [0.05, 0.1) is 19.2 Å². The highest BCUT2D eigenvalue weighted by atomic mass is 79.9. The van der Waals surface area contributed by atoms with Crippen molar-refractivity contribution in [2.24, 2.45) is 0 Å². The lowest BCUT2D eigenvalue weighted by atomic mass is 10.1. The summed E-state index contributed by atoms with van der Waals surface area (Å²) in [6.45, 7) is 0. The molecular formula is C15H13Br2NO2. The number of hydrogen-bond donors (Lipinski definition) is 1. The molecule has 2 rings (SSSR count). The van der Waals surface area contributed by atoms with Crippen LogP contribution in [0.5, 0.6) is 5.75 Å². The monoisotopic (exact) mass is 397 g/mol. The number of carbonyl (C=O) groups excluding carboxylic acids is 1. The second-order valence-corrected chi connectivity index (χ2v) is 5.93. The summed E-state index contributed by atoms with van der Waals surface area (Å²) in [5.41, 5.74) is 1.60. The van der Waals surface area contributed by atoms with E-state index in [1.807, 2.05) is 42.5 Å². The van der Waals surface area contributed by atoms with E-state index in [0.717, 1.165) is 25.9 Å². The summed E-state index contributed by atoms with van der Waals surface area (Å²) in [6, 6.07) is 13.1. The Hall–Kier alpha value is -1.33. The van der Waals surface area contributed by atoms with Gasteiger partial charge in [-0.1, -0.05) is 34.1 Å². The van der Waals surface area contributed by atoms with E-state index in [1.54, 1.807) is 7.11 Å². The summed E-state index contributed by atoms with van der Waals surface area (Å²) in [5.74, 6) is 0.629. The first-order chi connectivity index (χ1) is 9.60. The molecule has 5 heteroatoms. The van der Waals surface area contributed by atoms with Gasteiger partial charge >= 0.3 is 0 Å². The van der Waals surface area contributed by atoms with Crippen molar-refractivity contribution < 1.29 is 9.53 Å². The van der Waals surface area contributed by atoms with E-state index in [-0.39, 0.29) is 12.3 Å². The third-order valence-electron chi connectivity index (χ3n) is 2.75. The van der Waals surface area contributed by atoms with Crippen LogP contribution in [0.25, 0.3) is 0 Å². The van der Waals surface area contributed by atoms with Crippen LogP contribution in [0.3, 0.4) is 0 Å². The van der Waals surface area contributed by atoms with E-state index in [1.165, 1.54) is 0 Å². The number of rotatable bonds is 4. The SMILES string of the molecule is COc1ccccc1CC(=O)Nc1cc(Br)ccc1Br. The van der Waals surface area contributed by atoms with Gasteiger partial charge in [0.2, 0.25) is 5.91 Å². The van der Waals surface area contributed by atoms with Crippen LogP contribution in [0.1, 0.15) is 5.56 Å². The first kappa shape index (κ1) is 15.1. The Kier molecular flexibility index (Phi) is 5.20. The number of nitrogens with one attached hydrogen (secondary N) is 1. The summed E-state index contributed by atoms with van der Waals surface area (Å²) >= 11 is 6.80. The molecule has 0 saturated carbocycles. The molecule has 2 aromatic carbocycles. The fourth-order valence-corrected chi connectivity index (χ4v) is 2.52. The molecule has 0 spiro atoms. The minimum atomic E-state index is -0.0895. The van der Waals surface area contributed by atoms with Gasteiger partial charge in [0.25, 0.3) is 0 Å². The molecule has 2 aromatic rings. The van der Waals surface area contributed by atoms with E-state index in [4.69, 9.17) is 4.74 Å². The molecule has 20 heavy (non-hydrogen) atoms. The van der Waals surface area contributed by atoms with Crippen molar-refractivity contribution in [1.82, 2.24) is 0 Å². The average molecular weight is 399 g/mol. The number of para-hydroxylation sites is 1. The molecule has 1 N–H and O–H groups in total. The zero-order valence-corrected chi connectivity index (χ0v) is 14.0. The fourth-order valence-electron chi connectivity index (χ4n) is 1.81. The van der Waals surface area contributed by atoms with Crippen molar-refractivity contribution in [3.05, 3.63) is 57.0 Å². The molecule has 3 nitrogen and oxygen atoms in total. The number of ether oxygens (including phenoxy) is 1. The predicted molar refractivity (Wildman–Crippen MR) is 87.2 cm³/mol. The lowest BCUT2D eigenvalue weighted by Gasteiger charge is -2.10. The van der Waals surface area contributed by atoms with Crippen LogP contribution in [-0.4, -0.2) is 13.0 Å². The first-order valence-corrected chi connectivity index (χ1v) is 7.55. The molecule has 104 valence electrons. The standard InChI is InChI=1S/C15H13Br2NO2/c1-20-14-5-3-2-4-10(14)8-15(19)18-13-9-11(16)6-7-12(13)17/h2-7,9H,8H2,1H3,(H,18,19). The van der Waals surface area contributed by atoms with Crippen molar-refractivity contribution in [2.75, 3.05) is 12.4 Å². The largest absolute Gasteiger partial charge is 0.496 e. The van der Waals surface area contributed by atoms with Gasteiger partial charge in [-0.2, -0.15) is 0 Å². The number of benzene rings is 2. The van der Waals surface area contributed by atoms with Crippen LogP contribution < -0.4 is 10.1 Å². The Labute approximate surface area is 134 Å². The van der Waals surface area contributed by atoms with Crippen molar-refractivity contribution >= 4 is 43.5 Å². The number of methoxy groups -OCH3 is 1. The van der Waals surface area contributed by atoms with Crippen LogP contribution >= 0.6 is 31.9 Å². The molecule has 0 atom stereocenters. The van der Waals surface area contributed by atoms with Crippen LogP contribution in [0.15, 0.2) is 51.4 Å². The highest BCUT2D eigenvalue weighted by Crippen LogP contribution is 2.26. The first-order valence-electron chi connectivity index (χ1n) is 5.97. The lowest BCUT2D eigenvalue weighted by Crippen LogP contribution is -2.15. The van der Waals surface area contributed by atoms with Gasteiger partial charge in [-0.05, 0) is 40.2 Å². The van der Waals surface area contributed by atoms with Crippen LogP contribution in [0.4, 0.5) is 5.69 Å². The topological polar surface area (TPSA) is 38.3 Å². The number of hydrogen-bond acceptors (Lipinski definition) is 2. The van der Waals surface area contributed by atoms with Crippen LogP contribution in [0.2, 0.25) is 0 Å². The number of anilines is 1. The zero-order valence-electron chi connectivity index (χ0n) is 10.8. The van der Waals surface area contributed by atoms with Crippen LogP contribution in [-0.2, 0) is 11.2 Å². The number of carbonyl (C=O) groups is 1. The number of halogens is 2. The molecule has 0 aromatic heterocycles. The Morgan fingerprint density at radius 2 is 1.95 bits per heavy atom. The Morgan fingerprint density at radius 1 is 1.20 bits per heavy atom. The normalized spacial score (nSPS) is 10.2. The maximum Gasteiger partial charge on any atom is 0.228 e. The third kappa shape index (κ3) is 3.84. The van der Waals surface area contributed by atoms with Gasteiger partial charge in [0.1, 0.15) is 5.75 Å². The minimum absolute atomic E-state index is 0.0895. The fraction of sp³-hybridized carbons (Fsp3) is 0.133. The highest BCUT2D eigenvalue weighted by molar-refractivity contribution is 9.11. The van der Waals surface area contributed by atoms with Gasteiger partial charge in [-0.15, -0.1) is 0 Å². The lowest BCUT2D eigenvalue weighted by molar-refractivity contribution is -0.115. The molecule has 0 aliphatic carbocycles. The number of amides is 1. The molecule has 0 unspecified atom stereocenters. The van der Waals surface area contributed by atoms with Crippen molar-refractivity contribution in [3.8, 4) is 5.75 Å². The van der Waals surface area contributed by atoms with Gasteiger partial charge < -0.3 is 10.1 Å². The molecule has 0 aliphatic rings. The maximum atomic E-state index is 12.1. The average Bonchev–Trinajstić information content (AvgIpc) is 2.43. The molecule has 0 saturated heterocycles. The van der Waals surface area contributed by atoms with Crippen LogP contribution in [0, 0.1) is 0 Å². The Morgan fingerprint density at radius 3 is 2.70 bits per heavy atom.